The Balaban J connectivity index is 1.80. The van der Waals surface area contributed by atoms with Gasteiger partial charge in [-0.25, -0.2) is 0 Å². The zero-order valence-electron chi connectivity index (χ0n) is 13.4. The third kappa shape index (κ3) is 2.64. The third-order valence-corrected chi connectivity index (χ3v) is 6.32. The van der Waals surface area contributed by atoms with Gasteiger partial charge in [0, 0.05) is 30.3 Å². The molecule has 3 nitrogen and oxygen atoms in total. The molecule has 0 aromatic carbocycles. The lowest BCUT2D eigenvalue weighted by Crippen LogP contribution is -2.53. The summed E-state index contributed by atoms with van der Waals surface area (Å²) in [6, 6.07) is 0.213. The Morgan fingerprint density at radius 1 is 1.14 bits per heavy atom. The van der Waals surface area contributed by atoms with Crippen LogP contribution in [0.3, 0.4) is 0 Å². The molecule has 0 aromatic rings. The van der Waals surface area contributed by atoms with Gasteiger partial charge in [-0.1, -0.05) is 19.8 Å². The van der Waals surface area contributed by atoms with E-state index >= 15 is 0 Å². The second kappa shape index (κ2) is 6.10. The van der Waals surface area contributed by atoms with E-state index in [1.807, 2.05) is 0 Å². The number of amides is 1. The van der Waals surface area contributed by atoms with Crippen LogP contribution in [-0.4, -0.2) is 29.2 Å². The summed E-state index contributed by atoms with van der Waals surface area (Å²) in [7, 11) is 0. The van der Waals surface area contributed by atoms with Crippen molar-refractivity contribution in [2.45, 2.75) is 83.6 Å². The lowest BCUT2D eigenvalue weighted by atomic mass is 9.79. The zero-order chi connectivity index (χ0) is 14.9. The number of hydrogen-bond donors (Lipinski definition) is 0. The smallest absolute Gasteiger partial charge is 0.229 e. The van der Waals surface area contributed by atoms with E-state index in [0.29, 0.717) is 11.7 Å². The molecule has 2 saturated carbocycles. The van der Waals surface area contributed by atoms with E-state index in [-0.39, 0.29) is 17.4 Å². The average molecular weight is 291 g/mol. The minimum Gasteiger partial charge on any atom is -0.339 e. The second-order valence-electron chi connectivity index (χ2n) is 7.37. The summed E-state index contributed by atoms with van der Waals surface area (Å²) in [5, 5.41) is 0. The Morgan fingerprint density at radius 2 is 1.90 bits per heavy atom. The maximum atomic E-state index is 13.2. The van der Waals surface area contributed by atoms with Crippen LogP contribution in [0.1, 0.15) is 77.6 Å². The first-order valence-corrected chi connectivity index (χ1v) is 9.02. The molecule has 1 heterocycles. The van der Waals surface area contributed by atoms with Crippen molar-refractivity contribution in [2.24, 2.45) is 11.3 Å². The fraction of sp³-hybridized carbons (Fsp3) is 0.889. The van der Waals surface area contributed by atoms with Gasteiger partial charge >= 0.3 is 0 Å². The molecule has 2 aliphatic carbocycles. The molecule has 3 heteroatoms. The minimum atomic E-state index is -0.1000. The highest BCUT2D eigenvalue weighted by Crippen LogP contribution is 2.44. The van der Waals surface area contributed by atoms with Crippen molar-refractivity contribution >= 4 is 11.7 Å². The van der Waals surface area contributed by atoms with Gasteiger partial charge in [0.05, 0.1) is 0 Å². The standard InChI is InChI=1S/C18H29NO2/c1-2-18(11-4-5-12-18)17(21)19-13-6-3-9-15(19)14-8-7-10-16(14)20/h14-15H,2-13H2,1H3. The van der Waals surface area contributed by atoms with Gasteiger partial charge in [0.25, 0.3) is 0 Å². The van der Waals surface area contributed by atoms with Crippen LogP contribution in [0.5, 0.6) is 0 Å². The molecule has 1 saturated heterocycles. The summed E-state index contributed by atoms with van der Waals surface area (Å²) in [5.74, 6) is 0.938. The summed E-state index contributed by atoms with van der Waals surface area (Å²) in [5.41, 5.74) is -0.1000. The van der Waals surface area contributed by atoms with Gasteiger partial charge in [-0.05, 0) is 51.4 Å². The fourth-order valence-electron chi connectivity index (χ4n) is 4.95. The van der Waals surface area contributed by atoms with Crippen LogP contribution < -0.4 is 0 Å². The van der Waals surface area contributed by atoms with E-state index in [9.17, 15) is 9.59 Å². The predicted octanol–water partition coefficient (Wildman–Crippen LogP) is 3.71. The molecule has 118 valence electrons. The van der Waals surface area contributed by atoms with E-state index in [1.165, 1.54) is 19.3 Å². The van der Waals surface area contributed by atoms with Gasteiger partial charge in [-0.15, -0.1) is 0 Å². The molecular formula is C18H29NO2. The van der Waals surface area contributed by atoms with E-state index in [2.05, 4.69) is 11.8 Å². The van der Waals surface area contributed by atoms with Gasteiger partial charge in [0.15, 0.2) is 0 Å². The molecule has 3 aliphatic rings. The molecule has 0 bridgehead atoms. The summed E-state index contributed by atoms with van der Waals surface area (Å²) in [6.45, 7) is 3.05. The zero-order valence-corrected chi connectivity index (χ0v) is 13.4. The first-order valence-electron chi connectivity index (χ1n) is 9.02. The number of carbonyl (C=O) groups excluding carboxylic acids is 2. The van der Waals surface area contributed by atoms with E-state index in [1.54, 1.807) is 0 Å². The number of piperidine rings is 1. The first kappa shape index (κ1) is 15.1. The first-order chi connectivity index (χ1) is 10.2. The fourth-order valence-corrected chi connectivity index (χ4v) is 4.95. The predicted molar refractivity (Wildman–Crippen MR) is 82.9 cm³/mol. The lowest BCUT2D eigenvalue weighted by Gasteiger charge is -2.43. The van der Waals surface area contributed by atoms with Crippen molar-refractivity contribution in [3.05, 3.63) is 0 Å². The number of hydrogen-bond acceptors (Lipinski definition) is 2. The Bertz CT molecular complexity index is 411. The van der Waals surface area contributed by atoms with Gasteiger partial charge in [-0.3, -0.25) is 9.59 Å². The van der Waals surface area contributed by atoms with E-state index in [4.69, 9.17) is 0 Å². The largest absolute Gasteiger partial charge is 0.339 e. The van der Waals surface area contributed by atoms with Crippen LogP contribution in [0.2, 0.25) is 0 Å². The molecule has 0 spiro atoms. The molecule has 2 unspecified atom stereocenters. The number of likely N-dealkylation sites (tertiary alicyclic amines) is 1. The monoisotopic (exact) mass is 291 g/mol. The molecule has 3 fully saturated rings. The summed E-state index contributed by atoms with van der Waals surface area (Å²) < 4.78 is 0. The third-order valence-electron chi connectivity index (χ3n) is 6.32. The number of carbonyl (C=O) groups is 2. The van der Waals surface area contributed by atoms with Crippen molar-refractivity contribution in [1.29, 1.82) is 0 Å². The quantitative estimate of drug-likeness (QED) is 0.795. The van der Waals surface area contributed by atoms with Gasteiger partial charge in [-0.2, -0.15) is 0 Å². The number of Topliss-reactive ketones (excluding diaryl/α,β-unsaturated/α-hetero) is 1. The molecule has 0 radical (unpaired) electrons. The van der Waals surface area contributed by atoms with Crippen LogP contribution in [0.25, 0.3) is 0 Å². The van der Waals surface area contributed by atoms with Crippen molar-refractivity contribution < 1.29 is 9.59 Å². The number of ketones is 1. The van der Waals surface area contributed by atoms with Crippen molar-refractivity contribution in [1.82, 2.24) is 4.90 Å². The van der Waals surface area contributed by atoms with Gasteiger partial charge in [0.1, 0.15) is 5.78 Å². The molecule has 0 aromatic heterocycles. The molecule has 21 heavy (non-hydrogen) atoms. The highest BCUT2D eigenvalue weighted by molar-refractivity contribution is 5.87. The number of rotatable bonds is 3. The lowest BCUT2D eigenvalue weighted by molar-refractivity contribution is -0.148. The topological polar surface area (TPSA) is 37.4 Å². The molecule has 1 amide bonds. The molecule has 3 rings (SSSR count). The van der Waals surface area contributed by atoms with Crippen molar-refractivity contribution in [3.8, 4) is 0 Å². The molecular weight excluding hydrogens is 262 g/mol. The van der Waals surface area contributed by atoms with Crippen LogP contribution in [0.4, 0.5) is 0 Å². The normalized spacial score (nSPS) is 32.6. The highest BCUT2D eigenvalue weighted by Gasteiger charge is 2.46. The van der Waals surface area contributed by atoms with Crippen molar-refractivity contribution in [3.63, 3.8) is 0 Å². The van der Waals surface area contributed by atoms with Crippen LogP contribution in [-0.2, 0) is 9.59 Å². The van der Waals surface area contributed by atoms with Crippen LogP contribution in [0.15, 0.2) is 0 Å². The number of nitrogens with zero attached hydrogens (tertiary/aromatic N) is 1. The SMILES string of the molecule is CCC1(C(=O)N2CCCCC2C2CCCC2=O)CCCC1. The van der Waals surface area contributed by atoms with Crippen LogP contribution in [0, 0.1) is 11.3 Å². The second-order valence-corrected chi connectivity index (χ2v) is 7.37. The Hall–Kier alpha value is -0.860. The Labute approximate surface area is 128 Å². The summed E-state index contributed by atoms with van der Waals surface area (Å²) in [6.07, 6.45) is 11.6. The minimum absolute atomic E-state index is 0.1000. The van der Waals surface area contributed by atoms with E-state index < -0.39 is 0 Å². The summed E-state index contributed by atoms with van der Waals surface area (Å²) in [4.78, 5) is 27.6. The average Bonchev–Trinajstić information content (AvgIpc) is 3.16. The summed E-state index contributed by atoms with van der Waals surface area (Å²) >= 11 is 0. The molecule has 1 aliphatic heterocycles. The maximum Gasteiger partial charge on any atom is 0.229 e. The van der Waals surface area contributed by atoms with Crippen LogP contribution >= 0.6 is 0 Å². The van der Waals surface area contributed by atoms with Gasteiger partial charge < -0.3 is 4.90 Å². The molecule has 0 N–H and O–H groups in total. The van der Waals surface area contributed by atoms with E-state index in [0.717, 1.165) is 57.9 Å². The van der Waals surface area contributed by atoms with Gasteiger partial charge in [0.2, 0.25) is 5.91 Å². The van der Waals surface area contributed by atoms with Crippen molar-refractivity contribution in [2.75, 3.05) is 6.54 Å². The Kier molecular flexibility index (Phi) is 4.37. The highest BCUT2D eigenvalue weighted by atomic mass is 16.2. The molecule has 2 atom stereocenters. The maximum absolute atomic E-state index is 13.2. The Morgan fingerprint density at radius 3 is 2.52 bits per heavy atom.